The number of rotatable bonds is 13. The first-order chi connectivity index (χ1) is 13.4. The SMILES string of the molecule is CC(C)CC(NC(=O)C(N)CCC(N)=O)C(=O)NC(C)C(=O)NC(CS)C(=O)O. The van der Waals surface area contributed by atoms with Gasteiger partial charge in [-0.1, -0.05) is 13.8 Å². The third-order valence-electron chi connectivity index (χ3n) is 3.93. The molecule has 4 atom stereocenters. The van der Waals surface area contributed by atoms with E-state index in [9.17, 15) is 24.0 Å². The van der Waals surface area contributed by atoms with Gasteiger partial charge in [-0.05, 0) is 25.7 Å². The van der Waals surface area contributed by atoms with Crippen molar-refractivity contribution in [2.45, 2.75) is 64.2 Å². The van der Waals surface area contributed by atoms with Crippen LogP contribution in [0.2, 0.25) is 0 Å². The lowest BCUT2D eigenvalue weighted by molar-refractivity contribution is -0.141. The third kappa shape index (κ3) is 10.7. The average molecular weight is 434 g/mol. The number of hydrogen-bond acceptors (Lipinski definition) is 7. The number of aliphatic carboxylic acids is 1. The van der Waals surface area contributed by atoms with Gasteiger partial charge in [0.2, 0.25) is 23.6 Å². The molecular weight excluding hydrogens is 402 g/mol. The van der Waals surface area contributed by atoms with Gasteiger partial charge in [0.25, 0.3) is 0 Å². The van der Waals surface area contributed by atoms with Crippen molar-refractivity contribution >= 4 is 42.2 Å². The van der Waals surface area contributed by atoms with Crippen molar-refractivity contribution in [2.75, 3.05) is 5.75 Å². The first kappa shape index (κ1) is 26.7. The van der Waals surface area contributed by atoms with Crippen LogP contribution < -0.4 is 27.4 Å². The topological polar surface area (TPSA) is 194 Å². The molecule has 0 aromatic carbocycles. The van der Waals surface area contributed by atoms with E-state index in [0.717, 1.165) is 0 Å². The van der Waals surface area contributed by atoms with Crippen molar-refractivity contribution < 1.29 is 29.1 Å². The maximum absolute atomic E-state index is 12.6. The molecule has 166 valence electrons. The first-order valence-electron chi connectivity index (χ1n) is 9.17. The molecule has 0 bridgehead atoms. The Kier molecular flexibility index (Phi) is 11.9. The fourth-order valence-electron chi connectivity index (χ4n) is 2.27. The maximum Gasteiger partial charge on any atom is 0.327 e. The molecule has 29 heavy (non-hydrogen) atoms. The number of thiol groups is 1. The Bertz CT molecular complexity index is 615. The molecule has 0 spiro atoms. The van der Waals surface area contributed by atoms with Crippen LogP contribution in [0.3, 0.4) is 0 Å². The highest BCUT2D eigenvalue weighted by molar-refractivity contribution is 7.80. The summed E-state index contributed by atoms with van der Waals surface area (Å²) in [7, 11) is 0. The Morgan fingerprint density at radius 2 is 1.48 bits per heavy atom. The van der Waals surface area contributed by atoms with E-state index >= 15 is 0 Å². The molecule has 0 saturated heterocycles. The van der Waals surface area contributed by atoms with Crippen molar-refractivity contribution in [1.29, 1.82) is 0 Å². The summed E-state index contributed by atoms with van der Waals surface area (Å²) in [5, 5.41) is 16.2. The molecule has 0 radical (unpaired) electrons. The number of carbonyl (C=O) groups excluding carboxylic acids is 4. The van der Waals surface area contributed by atoms with Gasteiger partial charge in [0.1, 0.15) is 18.1 Å². The van der Waals surface area contributed by atoms with Crippen molar-refractivity contribution in [3.05, 3.63) is 0 Å². The van der Waals surface area contributed by atoms with Gasteiger partial charge in [-0.15, -0.1) is 0 Å². The van der Waals surface area contributed by atoms with E-state index in [1.807, 2.05) is 13.8 Å². The Labute approximate surface area is 175 Å². The highest BCUT2D eigenvalue weighted by Crippen LogP contribution is 2.07. The Hall–Kier alpha value is -2.34. The lowest BCUT2D eigenvalue weighted by Crippen LogP contribution is -2.56. The minimum Gasteiger partial charge on any atom is -0.480 e. The quantitative estimate of drug-likeness (QED) is 0.165. The van der Waals surface area contributed by atoms with Crippen LogP contribution in [0.1, 0.15) is 40.0 Å². The number of nitrogens with one attached hydrogen (secondary N) is 3. The molecule has 12 heteroatoms. The Balaban J connectivity index is 4.97. The zero-order chi connectivity index (χ0) is 22.7. The number of carboxylic acid groups (broad SMARTS) is 1. The molecule has 0 aliphatic rings. The van der Waals surface area contributed by atoms with E-state index in [-0.39, 0.29) is 30.9 Å². The van der Waals surface area contributed by atoms with Crippen LogP contribution in [0.15, 0.2) is 0 Å². The van der Waals surface area contributed by atoms with Crippen LogP contribution in [-0.4, -0.2) is 64.6 Å². The second kappa shape index (κ2) is 13.0. The number of hydrogen-bond donors (Lipinski definition) is 7. The summed E-state index contributed by atoms with van der Waals surface area (Å²) in [4.78, 5) is 58.7. The van der Waals surface area contributed by atoms with Gasteiger partial charge in [-0.2, -0.15) is 12.6 Å². The molecule has 11 nitrogen and oxygen atoms in total. The number of amides is 4. The van der Waals surface area contributed by atoms with E-state index in [1.165, 1.54) is 6.92 Å². The van der Waals surface area contributed by atoms with Gasteiger partial charge in [-0.3, -0.25) is 19.2 Å². The van der Waals surface area contributed by atoms with Gasteiger partial charge in [0.15, 0.2) is 0 Å². The van der Waals surface area contributed by atoms with Crippen LogP contribution in [-0.2, 0) is 24.0 Å². The molecule has 0 fully saturated rings. The largest absolute Gasteiger partial charge is 0.480 e. The molecule has 4 amide bonds. The van der Waals surface area contributed by atoms with Crippen LogP contribution in [0.25, 0.3) is 0 Å². The summed E-state index contributed by atoms with van der Waals surface area (Å²) < 4.78 is 0. The van der Waals surface area contributed by atoms with E-state index in [4.69, 9.17) is 16.6 Å². The van der Waals surface area contributed by atoms with Crippen molar-refractivity contribution in [3.8, 4) is 0 Å². The van der Waals surface area contributed by atoms with Crippen molar-refractivity contribution in [1.82, 2.24) is 16.0 Å². The molecule has 0 aromatic heterocycles. The number of carboxylic acids is 1. The summed E-state index contributed by atoms with van der Waals surface area (Å²) >= 11 is 3.85. The molecule has 4 unspecified atom stereocenters. The lowest BCUT2D eigenvalue weighted by atomic mass is 10.0. The zero-order valence-corrected chi connectivity index (χ0v) is 17.7. The maximum atomic E-state index is 12.6. The van der Waals surface area contributed by atoms with E-state index in [0.29, 0.717) is 0 Å². The van der Waals surface area contributed by atoms with Gasteiger partial charge in [0, 0.05) is 12.2 Å². The molecule has 0 rings (SSSR count). The fourth-order valence-corrected chi connectivity index (χ4v) is 2.52. The number of nitrogens with two attached hydrogens (primary N) is 2. The van der Waals surface area contributed by atoms with Gasteiger partial charge in [0.05, 0.1) is 6.04 Å². The van der Waals surface area contributed by atoms with Crippen molar-refractivity contribution in [3.63, 3.8) is 0 Å². The normalized spacial score (nSPS) is 15.0. The molecule has 0 aliphatic carbocycles. The van der Waals surface area contributed by atoms with E-state index in [2.05, 4.69) is 28.6 Å². The van der Waals surface area contributed by atoms with Gasteiger partial charge in [-0.25, -0.2) is 4.79 Å². The van der Waals surface area contributed by atoms with Crippen LogP contribution in [0.4, 0.5) is 0 Å². The second-order valence-electron chi connectivity index (χ2n) is 7.11. The number of primary amides is 1. The lowest BCUT2D eigenvalue weighted by Gasteiger charge is -2.24. The predicted octanol–water partition coefficient (Wildman–Crippen LogP) is -1.89. The Morgan fingerprint density at radius 1 is 0.931 bits per heavy atom. The van der Waals surface area contributed by atoms with Gasteiger partial charge >= 0.3 is 5.97 Å². The fraction of sp³-hybridized carbons (Fsp3) is 0.706. The first-order valence-corrected chi connectivity index (χ1v) is 9.80. The zero-order valence-electron chi connectivity index (χ0n) is 16.8. The highest BCUT2D eigenvalue weighted by atomic mass is 32.1. The van der Waals surface area contributed by atoms with E-state index < -0.39 is 53.8 Å². The minimum absolute atomic E-state index is 0.0380. The summed E-state index contributed by atoms with van der Waals surface area (Å²) in [6, 6.07) is -4.21. The monoisotopic (exact) mass is 433 g/mol. The molecule has 0 saturated carbocycles. The third-order valence-corrected chi connectivity index (χ3v) is 4.29. The van der Waals surface area contributed by atoms with E-state index in [1.54, 1.807) is 0 Å². The van der Waals surface area contributed by atoms with Crippen LogP contribution in [0.5, 0.6) is 0 Å². The smallest absolute Gasteiger partial charge is 0.327 e. The summed E-state index contributed by atoms with van der Waals surface area (Å²) in [5.41, 5.74) is 10.7. The molecule has 0 aromatic rings. The summed E-state index contributed by atoms with van der Waals surface area (Å²) in [6.07, 6.45) is 0.252. The van der Waals surface area contributed by atoms with Crippen LogP contribution >= 0.6 is 12.6 Å². The van der Waals surface area contributed by atoms with Crippen LogP contribution in [0, 0.1) is 5.92 Å². The second-order valence-corrected chi connectivity index (χ2v) is 7.48. The molecule has 0 aliphatic heterocycles. The Morgan fingerprint density at radius 3 is 1.93 bits per heavy atom. The summed E-state index contributed by atoms with van der Waals surface area (Å²) in [5.74, 6) is -3.85. The summed E-state index contributed by atoms with van der Waals surface area (Å²) in [6.45, 7) is 5.08. The standard InChI is InChI=1S/C17H31N5O6S/c1-8(2)6-11(21-15(25)10(18)4-5-13(19)23)16(26)20-9(3)14(24)22-12(7-29)17(27)28/h8-12,29H,4-7,18H2,1-3H3,(H2,19,23)(H,20,26)(H,21,25)(H,22,24)(H,27,28). The predicted molar refractivity (Wildman–Crippen MR) is 109 cm³/mol. The van der Waals surface area contributed by atoms with Crippen molar-refractivity contribution in [2.24, 2.45) is 17.4 Å². The van der Waals surface area contributed by atoms with Gasteiger partial charge < -0.3 is 32.5 Å². The molecule has 8 N–H and O–H groups in total. The molecular formula is C17H31N5O6S. The number of carbonyl (C=O) groups is 5. The minimum atomic E-state index is -1.25. The average Bonchev–Trinajstić information content (AvgIpc) is 2.62. The molecule has 0 heterocycles. The highest BCUT2D eigenvalue weighted by Gasteiger charge is 2.28.